The lowest BCUT2D eigenvalue weighted by Gasteiger charge is -2.38. The van der Waals surface area contributed by atoms with E-state index >= 15 is 0 Å². The van der Waals surface area contributed by atoms with Gasteiger partial charge in [0.15, 0.2) is 0 Å². The Morgan fingerprint density at radius 3 is 2.82 bits per heavy atom. The Kier molecular flexibility index (Phi) is 2.45. The summed E-state index contributed by atoms with van der Waals surface area (Å²) in [6.45, 7) is 2.72. The number of nitrogens with zero attached hydrogens (tertiary/aromatic N) is 1. The molecule has 2 aliphatic heterocycles. The standard InChI is InChI=1S/C18H21NO3/c1-2-18-14-12-8-11(15(20)16(12)22-18)13(14)17(21)19(18)9-10-6-4-3-5-7-10/h3-7,11-16,20H,2,8-9H2,1H3. The van der Waals surface area contributed by atoms with Crippen molar-refractivity contribution in [2.75, 3.05) is 0 Å². The molecule has 1 amide bonds. The molecule has 2 saturated carbocycles. The van der Waals surface area contributed by atoms with Crippen LogP contribution in [-0.2, 0) is 16.1 Å². The fourth-order valence-electron chi connectivity index (χ4n) is 5.85. The van der Waals surface area contributed by atoms with Gasteiger partial charge in [0.2, 0.25) is 5.91 Å². The van der Waals surface area contributed by atoms with E-state index in [0.717, 1.165) is 18.4 Å². The first-order valence-electron chi connectivity index (χ1n) is 8.38. The zero-order chi connectivity index (χ0) is 15.1. The highest BCUT2D eigenvalue weighted by atomic mass is 16.6. The number of ether oxygens (including phenoxy) is 1. The molecular weight excluding hydrogens is 278 g/mol. The van der Waals surface area contributed by atoms with Crippen molar-refractivity contribution in [3.05, 3.63) is 35.9 Å². The highest BCUT2D eigenvalue weighted by Crippen LogP contribution is 2.68. The minimum atomic E-state index is -0.487. The molecule has 116 valence electrons. The highest BCUT2D eigenvalue weighted by molar-refractivity contribution is 5.84. The molecule has 2 aliphatic carbocycles. The number of carbonyl (C=O) groups is 1. The van der Waals surface area contributed by atoms with Gasteiger partial charge in [-0.25, -0.2) is 0 Å². The molecule has 2 bridgehead atoms. The van der Waals surface area contributed by atoms with Crippen LogP contribution in [0, 0.1) is 23.7 Å². The van der Waals surface area contributed by atoms with Crippen molar-refractivity contribution in [2.45, 2.75) is 44.2 Å². The van der Waals surface area contributed by atoms with Gasteiger partial charge in [0.1, 0.15) is 5.72 Å². The van der Waals surface area contributed by atoms with Crippen LogP contribution < -0.4 is 0 Å². The normalized spacial score (nSPS) is 47.7. The van der Waals surface area contributed by atoms with Crippen molar-refractivity contribution >= 4 is 5.91 Å². The van der Waals surface area contributed by atoms with Gasteiger partial charge < -0.3 is 14.7 Å². The molecule has 4 fully saturated rings. The van der Waals surface area contributed by atoms with Gasteiger partial charge in [0.05, 0.1) is 18.1 Å². The number of benzene rings is 1. The summed E-state index contributed by atoms with van der Waals surface area (Å²) >= 11 is 0. The van der Waals surface area contributed by atoms with Crippen LogP contribution in [-0.4, -0.2) is 33.8 Å². The van der Waals surface area contributed by atoms with Gasteiger partial charge in [-0.15, -0.1) is 0 Å². The summed E-state index contributed by atoms with van der Waals surface area (Å²) in [5.74, 6) is 0.936. The molecule has 22 heavy (non-hydrogen) atoms. The first kappa shape index (κ1) is 13.1. The number of hydrogen-bond donors (Lipinski definition) is 1. The summed E-state index contributed by atoms with van der Waals surface area (Å²) in [6.07, 6.45) is 1.27. The topological polar surface area (TPSA) is 49.8 Å². The zero-order valence-corrected chi connectivity index (χ0v) is 12.7. The molecule has 4 heteroatoms. The third kappa shape index (κ3) is 1.30. The second-order valence-electron chi connectivity index (χ2n) is 7.30. The monoisotopic (exact) mass is 299 g/mol. The van der Waals surface area contributed by atoms with Crippen LogP contribution in [0.1, 0.15) is 25.3 Å². The second kappa shape index (κ2) is 4.12. The van der Waals surface area contributed by atoms with Gasteiger partial charge in [-0.2, -0.15) is 0 Å². The number of amides is 1. The molecule has 0 radical (unpaired) electrons. The third-order valence-corrected chi connectivity index (χ3v) is 6.61. The Hall–Kier alpha value is -1.39. The molecule has 2 saturated heterocycles. The average Bonchev–Trinajstić information content (AvgIpc) is 3.20. The molecule has 1 aromatic carbocycles. The molecule has 4 nitrogen and oxygen atoms in total. The molecule has 5 rings (SSSR count). The minimum Gasteiger partial charge on any atom is -0.390 e. The van der Waals surface area contributed by atoms with Gasteiger partial charge in [-0.05, 0) is 30.2 Å². The largest absolute Gasteiger partial charge is 0.390 e. The number of carbonyl (C=O) groups excluding carboxylic acids is 1. The number of rotatable bonds is 3. The SMILES string of the molecule is CCC12OC3C(O)C4CC3C1C4C(=O)N2Cc1ccccc1. The lowest BCUT2D eigenvalue weighted by atomic mass is 9.76. The van der Waals surface area contributed by atoms with Crippen molar-refractivity contribution in [2.24, 2.45) is 23.7 Å². The van der Waals surface area contributed by atoms with Crippen LogP contribution in [0.25, 0.3) is 0 Å². The lowest BCUT2D eigenvalue weighted by molar-refractivity contribution is -0.181. The molecule has 0 spiro atoms. The number of aliphatic hydroxyl groups excluding tert-OH is 1. The molecule has 4 aliphatic rings. The Balaban J connectivity index is 1.57. The predicted molar refractivity (Wildman–Crippen MR) is 79.5 cm³/mol. The molecule has 0 aromatic heterocycles. The van der Waals surface area contributed by atoms with Crippen LogP contribution in [0.5, 0.6) is 0 Å². The summed E-state index contributed by atoms with van der Waals surface area (Å²) in [4.78, 5) is 15.0. The van der Waals surface area contributed by atoms with Crippen molar-refractivity contribution in [1.82, 2.24) is 4.90 Å². The first-order valence-corrected chi connectivity index (χ1v) is 8.38. The van der Waals surface area contributed by atoms with Crippen LogP contribution in [0.2, 0.25) is 0 Å². The van der Waals surface area contributed by atoms with Crippen LogP contribution >= 0.6 is 0 Å². The smallest absolute Gasteiger partial charge is 0.229 e. The average molecular weight is 299 g/mol. The Morgan fingerprint density at radius 1 is 1.32 bits per heavy atom. The van der Waals surface area contributed by atoms with E-state index in [2.05, 4.69) is 19.1 Å². The lowest BCUT2D eigenvalue weighted by Crippen LogP contribution is -2.50. The van der Waals surface area contributed by atoms with Crippen molar-refractivity contribution in [3.63, 3.8) is 0 Å². The second-order valence-corrected chi connectivity index (χ2v) is 7.30. The number of fused-ring (bicyclic) bond motifs is 2. The number of aliphatic hydroxyl groups is 1. The first-order chi connectivity index (χ1) is 10.7. The maximum Gasteiger partial charge on any atom is 0.229 e. The van der Waals surface area contributed by atoms with Gasteiger partial charge in [-0.1, -0.05) is 37.3 Å². The fourth-order valence-corrected chi connectivity index (χ4v) is 5.85. The van der Waals surface area contributed by atoms with Gasteiger partial charge in [0, 0.05) is 12.5 Å². The third-order valence-electron chi connectivity index (χ3n) is 6.61. The summed E-state index contributed by atoms with van der Waals surface area (Å²) in [5, 5.41) is 10.4. The van der Waals surface area contributed by atoms with Gasteiger partial charge in [-0.3, -0.25) is 4.79 Å². The Labute approximate surface area is 130 Å². The number of hydrogen-bond acceptors (Lipinski definition) is 3. The van der Waals surface area contributed by atoms with Crippen LogP contribution in [0.4, 0.5) is 0 Å². The number of likely N-dealkylation sites (tertiary alicyclic amines) is 1. The Morgan fingerprint density at radius 2 is 2.09 bits per heavy atom. The molecule has 2 heterocycles. The van der Waals surface area contributed by atoms with E-state index < -0.39 is 11.8 Å². The molecular formula is C18H21NO3. The summed E-state index contributed by atoms with van der Waals surface area (Å²) in [6, 6.07) is 10.1. The van der Waals surface area contributed by atoms with E-state index in [-0.39, 0.29) is 29.8 Å². The van der Waals surface area contributed by atoms with Crippen molar-refractivity contribution in [3.8, 4) is 0 Å². The molecule has 7 unspecified atom stereocenters. The zero-order valence-electron chi connectivity index (χ0n) is 12.7. The summed E-state index contributed by atoms with van der Waals surface area (Å²) < 4.78 is 6.39. The van der Waals surface area contributed by atoms with E-state index in [1.54, 1.807) is 0 Å². The highest BCUT2D eigenvalue weighted by Gasteiger charge is 2.77. The van der Waals surface area contributed by atoms with E-state index in [9.17, 15) is 9.90 Å². The summed E-state index contributed by atoms with van der Waals surface area (Å²) in [7, 11) is 0. The molecule has 7 atom stereocenters. The van der Waals surface area contributed by atoms with E-state index in [4.69, 9.17) is 4.74 Å². The maximum atomic E-state index is 13.1. The van der Waals surface area contributed by atoms with Gasteiger partial charge in [0.25, 0.3) is 0 Å². The van der Waals surface area contributed by atoms with Gasteiger partial charge >= 0.3 is 0 Å². The van der Waals surface area contributed by atoms with Crippen LogP contribution in [0.3, 0.4) is 0 Å². The summed E-state index contributed by atoms with van der Waals surface area (Å²) in [5.41, 5.74) is 0.656. The van der Waals surface area contributed by atoms with E-state index in [1.807, 2.05) is 23.1 Å². The van der Waals surface area contributed by atoms with Crippen LogP contribution in [0.15, 0.2) is 30.3 Å². The fraction of sp³-hybridized carbons (Fsp3) is 0.611. The predicted octanol–water partition coefficient (Wildman–Crippen LogP) is 1.78. The maximum absolute atomic E-state index is 13.1. The van der Waals surface area contributed by atoms with Crippen molar-refractivity contribution in [1.29, 1.82) is 0 Å². The molecule has 1 N–H and O–H groups in total. The molecule has 1 aromatic rings. The minimum absolute atomic E-state index is 0.0255. The quantitative estimate of drug-likeness (QED) is 0.925. The van der Waals surface area contributed by atoms with Crippen molar-refractivity contribution < 1.29 is 14.6 Å². The van der Waals surface area contributed by atoms with E-state index in [0.29, 0.717) is 12.5 Å². The Bertz CT molecular complexity index is 632. The van der Waals surface area contributed by atoms with E-state index in [1.165, 1.54) is 0 Å².